The van der Waals surface area contributed by atoms with Crippen molar-refractivity contribution in [2.24, 2.45) is 17.3 Å². The maximum atomic E-state index is 12.8. The summed E-state index contributed by atoms with van der Waals surface area (Å²) in [7, 11) is 2.22. The average molecular weight is 319 g/mol. The van der Waals surface area contributed by atoms with Crippen LogP contribution in [0.2, 0.25) is 0 Å². The van der Waals surface area contributed by atoms with E-state index in [0.717, 1.165) is 44.2 Å². The zero-order chi connectivity index (χ0) is 16.1. The van der Waals surface area contributed by atoms with Gasteiger partial charge in [-0.05, 0) is 83.5 Å². The molecule has 3 saturated carbocycles. The minimum Gasteiger partial charge on any atom is -0.342 e. The Hall–Kier alpha value is -0.610. The van der Waals surface area contributed by atoms with E-state index in [1.165, 1.54) is 45.3 Å². The number of amides is 1. The van der Waals surface area contributed by atoms with Crippen molar-refractivity contribution in [3.8, 4) is 0 Å². The Kier molecular flexibility index (Phi) is 3.96. The molecule has 0 atom stereocenters. The van der Waals surface area contributed by atoms with Crippen LogP contribution in [-0.4, -0.2) is 61.0 Å². The van der Waals surface area contributed by atoms with Crippen LogP contribution in [0.25, 0.3) is 0 Å². The predicted octanol–water partition coefficient (Wildman–Crippen LogP) is 2.10. The van der Waals surface area contributed by atoms with Crippen LogP contribution in [0.1, 0.15) is 51.9 Å². The first-order valence-corrected chi connectivity index (χ1v) is 9.73. The van der Waals surface area contributed by atoms with E-state index in [4.69, 9.17) is 0 Å². The number of carbonyl (C=O) groups is 1. The molecule has 4 heteroatoms. The van der Waals surface area contributed by atoms with E-state index in [1.54, 1.807) is 0 Å². The molecule has 0 aromatic carbocycles. The lowest BCUT2D eigenvalue weighted by Gasteiger charge is -2.70. The number of nitrogens with one attached hydrogen (secondary N) is 1. The maximum absolute atomic E-state index is 12.8. The summed E-state index contributed by atoms with van der Waals surface area (Å²) in [6.45, 7) is 7.96. The maximum Gasteiger partial charge on any atom is 0.229 e. The summed E-state index contributed by atoms with van der Waals surface area (Å²) in [5.41, 5.74) is 0.377. The van der Waals surface area contributed by atoms with Gasteiger partial charge in [0.15, 0.2) is 0 Å². The highest BCUT2D eigenvalue weighted by atomic mass is 16.2. The summed E-state index contributed by atoms with van der Waals surface area (Å²) in [6.07, 6.45) is 8.38. The molecule has 1 N–H and O–H groups in total. The number of nitrogens with zero attached hydrogens (tertiary/aromatic N) is 2. The summed E-state index contributed by atoms with van der Waals surface area (Å²) in [4.78, 5) is 17.4. The number of hydrogen-bond acceptors (Lipinski definition) is 3. The zero-order valence-corrected chi connectivity index (χ0v) is 14.9. The summed E-state index contributed by atoms with van der Waals surface area (Å²) in [6, 6.07) is 0. The third-order valence-corrected chi connectivity index (χ3v) is 7.16. The van der Waals surface area contributed by atoms with Crippen LogP contribution in [0.15, 0.2) is 0 Å². The van der Waals surface area contributed by atoms with E-state index in [1.807, 2.05) is 0 Å². The van der Waals surface area contributed by atoms with Gasteiger partial charge in [0.05, 0.1) is 5.41 Å². The number of carbonyl (C=O) groups excluding carboxylic acids is 1. The predicted molar refractivity (Wildman–Crippen MR) is 92.2 cm³/mol. The molecule has 5 aliphatic rings. The molecule has 4 nitrogen and oxygen atoms in total. The van der Waals surface area contributed by atoms with Crippen LogP contribution in [0.5, 0.6) is 0 Å². The SMILES string of the molecule is CC1CCN(C(=O)C23CC(NCC4CCN(C)CC4)(C2)C3)CC1. The largest absolute Gasteiger partial charge is 0.342 e. The summed E-state index contributed by atoms with van der Waals surface area (Å²) in [5.74, 6) is 2.12. The lowest BCUT2D eigenvalue weighted by molar-refractivity contribution is -0.193. The second kappa shape index (κ2) is 5.73. The molecule has 0 spiro atoms. The van der Waals surface area contributed by atoms with E-state index in [9.17, 15) is 4.79 Å². The van der Waals surface area contributed by atoms with Gasteiger partial charge < -0.3 is 15.1 Å². The third-order valence-electron chi connectivity index (χ3n) is 7.16. The van der Waals surface area contributed by atoms with Gasteiger partial charge in [0, 0.05) is 18.6 Å². The quantitative estimate of drug-likeness (QED) is 0.862. The first kappa shape index (κ1) is 15.9. The van der Waals surface area contributed by atoms with Crippen LogP contribution in [0.3, 0.4) is 0 Å². The van der Waals surface area contributed by atoms with E-state index in [2.05, 4.69) is 29.1 Å². The van der Waals surface area contributed by atoms with Crippen molar-refractivity contribution in [1.82, 2.24) is 15.1 Å². The van der Waals surface area contributed by atoms with Crippen molar-refractivity contribution in [2.75, 3.05) is 39.8 Å². The van der Waals surface area contributed by atoms with Gasteiger partial charge >= 0.3 is 0 Å². The van der Waals surface area contributed by atoms with Crippen LogP contribution in [0.4, 0.5) is 0 Å². The fourth-order valence-corrected chi connectivity index (χ4v) is 5.38. The van der Waals surface area contributed by atoms with Crippen LogP contribution < -0.4 is 5.32 Å². The number of rotatable bonds is 4. The number of piperidine rings is 2. The van der Waals surface area contributed by atoms with Crippen LogP contribution in [-0.2, 0) is 4.79 Å². The van der Waals surface area contributed by atoms with E-state index in [-0.39, 0.29) is 5.41 Å². The smallest absolute Gasteiger partial charge is 0.229 e. The molecular formula is C19H33N3O. The normalized spacial score (nSPS) is 39.0. The molecule has 5 fully saturated rings. The minimum atomic E-state index is 0.0420. The van der Waals surface area contributed by atoms with Gasteiger partial charge in [-0.3, -0.25) is 4.79 Å². The first-order valence-electron chi connectivity index (χ1n) is 9.73. The van der Waals surface area contributed by atoms with E-state index < -0.39 is 0 Å². The summed E-state index contributed by atoms with van der Waals surface area (Å²) in [5, 5.41) is 3.85. The number of likely N-dealkylation sites (tertiary alicyclic amines) is 2. The lowest BCUT2D eigenvalue weighted by atomic mass is 9.38. The fraction of sp³-hybridized carbons (Fsp3) is 0.947. The van der Waals surface area contributed by atoms with E-state index >= 15 is 0 Å². The van der Waals surface area contributed by atoms with Gasteiger partial charge in [-0.15, -0.1) is 0 Å². The highest BCUT2D eigenvalue weighted by molar-refractivity contribution is 5.87. The fourth-order valence-electron chi connectivity index (χ4n) is 5.38. The second-order valence-electron chi connectivity index (χ2n) is 9.19. The van der Waals surface area contributed by atoms with Gasteiger partial charge in [0.1, 0.15) is 0 Å². The van der Waals surface area contributed by atoms with Crippen LogP contribution >= 0.6 is 0 Å². The van der Waals surface area contributed by atoms with Crippen molar-refractivity contribution < 1.29 is 4.79 Å². The van der Waals surface area contributed by atoms with E-state index in [0.29, 0.717) is 11.4 Å². The molecule has 2 aliphatic heterocycles. The molecule has 0 radical (unpaired) electrons. The standard InChI is InChI=1S/C19H33N3O/c1-15-3-9-22(10-4-15)17(23)18-12-19(13-18,14-18)20-11-16-5-7-21(2)8-6-16/h15-16,20H,3-14H2,1-2H3. The molecule has 3 aliphatic carbocycles. The Morgan fingerprint density at radius 2 is 1.65 bits per heavy atom. The van der Waals surface area contributed by atoms with Gasteiger partial charge in [0.2, 0.25) is 5.91 Å². The minimum absolute atomic E-state index is 0.0420. The lowest BCUT2D eigenvalue weighted by Crippen LogP contribution is -2.78. The van der Waals surface area contributed by atoms with Gasteiger partial charge in [-0.2, -0.15) is 0 Å². The molecule has 0 aromatic heterocycles. The molecule has 2 saturated heterocycles. The molecule has 0 aromatic rings. The molecular weight excluding hydrogens is 286 g/mol. The van der Waals surface area contributed by atoms with Crippen molar-refractivity contribution in [3.05, 3.63) is 0 Å². The Morgan fingerprint density at radius 1 is 1.04 bits per heavy atom. The first-order chi connectivity index (χ1) is 11.0. The van der Waals surface area contributed by atoms with Crippen molar-refractivity contribution in [3.63, 3.8) is 0 Å². The van der Waals surface area contributed by atoms with Gasteiger partial charge in [-0.25, -0.2) is 0 Å². The molecule has 23 heavy (non-hydrogen) atoms. The Bertz CT molecular complexity index is 441. The average Bonchev–Trinajstić information content (AvgIpc) is 2.47. The Morgan fingerprint density at radius 3 is 2.26 bits per heavy atom. The monoisotopic (exact) mass is 319 g/mol. The summed E-state index contributed by atoms with van der Waals surface area (Å²) < 4.78 is 0. The van der Waals surface area contributed by atoms with Gasteiger partial charge in [-0.1, -0.05) is 6.92 Å². The molecule has 5 rings (SSSR count). The highest BCUT2D eigenvalue weighted by Crippen LogP contribution is 2.68. The molecule has 1 amide bonds. The van der Waals surface area contributed by atoms with Gasteiger partial charge in [0.25, 0.3) is 0 Å². The second-order valence-corrected chi connectivity index (χ2v) is 9.19. The van der Waals surface area contributed by atoms with Crippen LogP contribution in [0, 0.1) is 17.3 Å². The zero-order valence-electron chi connectivity index (χ0n) is 14.9. The number of hydrogen-bond donors (Lipinski definition) is 1. The summed E-state index contributed by atoms with van der Waals surface area (Å²) >= 11 is 0. The topological polar surface area (TPSA) is 35.6 Å². The highest BCUT2D eigenvalue weighted by Gasteiger charge is 2.71. The third kappa shape index (κ3) is 2.82. The Labute approximate surface area is 141 Å². The molecule has 2 bridgehead atoms. The molecule has 2 heterocycles. The van der Waals surface area contributed by atoms with Crippen molar-refractivity contribution in [1.29, 1.82) is 0 Å². The van der Waals surface area contributed by atoms with Crippen molar-refractivity contribution in [2.45, 2.75) is 57.4 Å². The van der Waals surface area contributed by atoms with Crippen molar-refractivity contribution >= 4 is 5.91 Å². The Balaban J connectivity index is 1.22. The molecule has 0 unspecified atom stereocenters. The molecule has 130 valence electrons.